The first-order valence-corrected chi connectivity index (χ1v) is 7.07. The number of halogens is 1. The highest BCUT2D eigenvalue weighted by atomic mass is 35.5. The van der Waals surface area contributed by atoms with Crippen LogP contribution >= 0.6 is 11.6 Å². The van der Waals surface area contributed by atoms with Crippen LogP contribution in [0.2, 0.25) is 5.02 Å². The number of likely N-dealkylation sites (N-methyl/N-ethyl adjacent to an activating group) is 1. The van der Waals surface area contributed by atoms with Crippen LogP contribution < -0.4 is 5.32 Å². The topological polar surface area (TPSA) is 12.0 Å². The van der Waals surface area contributed by atoms with Gasteiger partial charge in [-0.05, 0) is 30.5 Å². The second-order valence-electron chi connectivity index (χ2n) is 4.54. The van der Waals surface area contributed by atoms with Crippen LogP contribution in [0.5, 0.6) is 0 Å². The van der Waals surface area contributed by atoms with Gasteiger partial charge >= 0.3 is 0 Å². The minimum absolute atomic E-state index is 0.537. The Labute approximate surface area is 111 Å². The molecule has 0 spiro atoms. The summed E-state index contributed by atoms with van der Waals surface area (Å²) in [5.74, 6) is 0.728. The van der Waals surface area contributed by atoms with E-state index in [1.807, 2.05) is 12.1 Å². The van der Waals surface area contributed by atoms with Crippen LogP contribution in [0.25, 0.3) is 0 Å². The second-order valence-corrected chi connectivity index (χ2v) is 4.94. The molecule has 2 heteroatoms. The molecule has 1 nitrogen and oxygen atoms in total. The van der Waals surface area contributed by atoms with Gasteiger partial charge < -0.3 is 5.32 Å². The van der Waals surface area contributed by atoms with E-state index in [4.69, 9.17) is 11.6 Å². The molecule has 0 aliphatic rings. The van der Waals surface area contributed by atoms with Crippen molar-refractivity contribution in [2.45, 2.75) is 46.1 Å². The van der Waals surface area contributed by atoms with E-state index < -0.39 is 0 Å². The maximum absolute atomic E-state index is 6.23. The molecule has 1 N–H and O–H groups in total. The van der Waals surface area contributed by atoms with Crippen molar-refractivity contribution in [2.24, 2.45) is 5.92 Å². The quantitative estimate of drug-likeness (QED) is 0.764. The Balaban J connectivity index is 2.75. The number of hydrogen-bond donors (Lipinski definition) is 1. The van der Waals surface area contributed by atoms with Crippen LogP contribution in [0, 0.1) is 5.92 Å². The molecule has 1 aromatic carbocycles. The predicted octanol–water partition coefficient (Wildman–Crippen LogP) is 4.30. The molecule has 1 unspecified atom stereocenters. The van der Waals surface area contributed by atoms with Crippen LogP contribution in [-0.4, -0.2) is 12.6 Å². The van der Waals surface area contributed by atoms with Gasteiger partial charge in [-0.1, -0.05) is 63.4 Å². The van der Waals surface area contributed by atoms with E-state index in [0.717, 1.165) is 23.9 Å². The van der Waals surface area contributed by atoms with Crippen LogP contribution in [-0.2, 0) is 6.42 Å². The van der Waals surface area contributed by atoms with E-state index in [-0.39, 0.29) is 0 Å². The van der Waals surface area contributed by atoms with Gasteiger partial charge in [-0.2, -0.15) is 0 Å². The second kappa shape index (κ2) is 7.73. The zero-order chi connectivity index (χ0) is 12.7. The van der Waals surface area contributed by atoms with Crippen molar-refractivity contribution in [1.82, 2.24) is 5.32 Å². The van der Waals surface area contributed by atoms with E-state index in [1.54, 1.807) is 0 Å². The minimum atomic E-state index is 0.537. The van der Waals surface area contributed by atoms with E-state index in [0.29, 0.717) is 6.04 Å². The summed E-state index contributed by atoms with van der Waals surface area (Å²) in [4.78, 5) is 0. The minimum Gasteiger partial charge on any atom is -0.314 e. The molecule has 0 aliphatic carbocycles. The number of nitrogens with one attached hydrogen (secondary N) is 1. The first-order valence-electron chi connectivity index (χ1n) is 6.69. The van der Waals surface area contributed by atoms with Crippen molar-refractivity contribution < 1.29 is 0 Å². The molecule has 1 rings (SSSR count). The van der Waals surface area contributed by atoms with Gasteiger partial charge in [0.25, 0.3) is 0 Å². The van der Waals surface area contributed by atoms with E-state index in [2.05, 4.69) is 38.2 Å². The van der Waals surface area contributed by atoms with E-state index in [1.165, 1.54) is 18.4 Å². The van der Waals surface area contributed by atoms with Crippen molar-refractivity contribution in [2.75, 3.05) is 6.54 Å². The molecule has 96 valence electrons. The largest absolute Gasteiger partial charge is 0.314 e. The predicted molar refractivity (Wildman–Crippen MR) is 76.7 cm³/mol. The highest BCUT2D eigenvalue weighted by Gasteiger charge is 2.18. The van der Waals surface area contributed by atoms with Crippen molar-refractivity contribution in [1.29, 1.82) is 0 Å². The average Bonchev–Trinajstić information content (AvgIpc) is 2.34. The van der Waals surface area contributed by atoms with Gasteiger partial charge in [-0.3, -0.25) is 0 Å². The fourth-order valence-corrected chi connectivity index (χ4v) is 2.64. The Morgan fingerprint density at radius 2 is 1.76 bits per heavy atom. The van der Waals surface area contributed by atoms with Gasteiger partial charge in [0.1, 0.15) is 0 Å². The van der Waals surface area contributed by atoms with Crippen LogP contribution in [0.3, 0.4) is 0 Å². The summed E-state index contributed by atoms with van der Waals surface area (Å²) in [6.07, 6.45) is 3.47. The molecule has 0 heterocycles. The zero-order valence-electron chi connectivity index (χ0n) is 11.2. The first-order chi connectivity index (χ1) is 8.22. The Morgan fingerprint density at radius 1 is 1.12 bits per heavy atom. The molecule has 0 saturated carbocycles. The lowest BCUT2D eigenvalue weighted by Crippen LogP contribution is -2.37. The summed E-state index contributed by atoms with van der Waals surface area (Å²) in [7, 11) is 0. The highest BCUT2D eigenvalue weighted by molar-refractivity contribution is 6.31. The summed E-state index contributed by atoms with van der Waals surface area (Å²) in [6, 6.07) is 8.71. The van der Waals surface area contributed by atoms with Gasteiger partial charge in [0.05, 0.1) is 0 Å². The number of benzene rings is 1. The van der Waals surface area contributed by atoms with Gasteiger partial charge in [0.15, 0.2) is 0 Å². The summed E-state index contributed by atoms with van der Waals surface area (Å²) in [5, 5.41) is 4.49. The number of hydrogen-bond acceptors (Lipinski definition) is 1. The summed E-state index contributed by atoms with van der Waals surface area (Å²) in [5.41, 5.74) is 1.26. The Kier molecular flexibility index (Phi) is 6.61. The summed E-state index contributed by atoms with van der Waals surface area (Å²) >= 11 is 6.23. The number of rotatable bonds is 7. The monoisotopic (exact) mass is 253 g/mol. The fraction of sp³-hybridized carbons (Fsp3) is 0.600. The molecule has 0 fully saturated rings. The highest BCUT2D eigenvalue weighted by Crippen LogP contribution is 2.22. The Hall–Kier alpha value is -0.530. The maximum atomic E-state index is 6.23. The molecule has 0 radical (unpaired) electrons. The van der Waals surface area contributed by atoms with Crippen molar-refractivity contribution in [3.8, 4) is 0 Å². The Morgan fingerprint density at radius 3 is 2.29 bits per heavy atom. The summed E-state index contributed by atoms with van der Waals surface area (Å²) < 4.78 is 0. The molecule has 0 amide bonds. The zero-order valence-corrected chi connectivity index (χ0v) is 11.9. The van der Waals surface area contributed by atoms with Crippen LogP contribution in [0.4, 0.5) is 0 Å². The normalized spacial score (nSPS) is 13.0. The molecule has 0 aromatic heterocycles. The lowest BCUT2D eigenvalue weighted by atomic mass is 9.89. The van der Waals surface area contributed by atoms with Crippen LogP contribution in [0.15, 0.2) is 24.3 Å². The van der Waals surface area contributed by atoms with Gasteiger partial charge in [-0.15, -0.1) is 0 Å². The van der Waals surface area contributed by atoms with Crippen molar-refractivity contribution in [3.05, 3.63) is 34.9 Å². The van der Waals surface area contributed by atoms with Crippen LogP contribution in [0.1, 0.15) is 39.2 Å². The lowest BCUT2D eigenvalue weighted by molar-refractivity contribution is 0.337. The van der Waals surface area contributed by atoms with E-state index in [9.17, 15) is 0 Å². The van der Waals surface area contributed by atoms with Gasteiger partial charge in [0, 0.05) is 11.1 Å². The summed E-state index contributed by atoms with van der Waals surface area (Å²) in [6.45, 7) is 7.73. The third kappa shape index (κ3) is 4.33. The van der Waals surface area contributed by atoms with Gasteiger partial charge in [-0.25, -0.2) is 0 Å². The SMILES string of the molecule is CCNC(Cc1ccccc1Cl)C(CC)CC. The fourth-order valence-electron chi connectivity index (χ4n) is 2.43. The molecule has 17 heavy (non-hydrogen) atoms. The molecular formula is C15H24ClN. The molecule has 1 atom stereocenters. The molecule has 1 aromatic rings. The molecule has 0 aliphatic heterocycles. The third-order valence-corrected chi connectivity index (χ3v) is 3.85. The first kappa shape index (κ1) is 14.5. The van der Waals surface area contributed by atoms with E-state index >= 15 is 0 Å². The molecule has 0 bridgehead atoms. The lowest BCUT2D eigenvalue weighted by Gasteiger charge is -2.26. The maximum Gasteiger partial charge on any atom is 0.0438 e. The third-order valence-electron chi connectivity index (χ3n) is 3.48. The van der Waals surface area contributed by atoms with Crippen molar-refractivity contribution in [3.63, 3.8) is 0 Å². The molecular weight excluding hydrogens is 230 g/mol. The molecule has 0 saturated heterocycles. The smallest absolute Gasteiger partial charge is 0.0438 e. The standard InChI is InChI=1S/C15H24ClN/c1-4-12(5-2)15(17-6-3)11-13-9-7-8-10-14(13)16/h7-10,12,15,17H,4-6,11H2,1-3H3. The van der Waals surface area contributed by atoms with Gasteiger partial charge in [0.2, 0.25) is 0 Å². The Bertz CT molecular complexity index is 320. The average molecular weight is 254 g/mol. The van der Waals surface area contributed by atoms with Crippen molar-refractivity contribution >= 4 is 11.6 Å².